The topological polar surface area (TPSA) is 13.1 Å². The zero-order valence-corrected chi connectivity index (χ0v) is 15.8. The third-order valence-corrected chi connectivity index (χ3v) is 5.70. The van der Waals surface area contributed by atoms with Gasteiger partial charge in [-0.25, -0.2) is 0 Å². The molecular weight excluding hydrogens is 352 g/mol. The van der Waals surface area contributed by atoms with Crippen LogP contribution in [0, 0.1) is 0 Å². The predicted molar refractivity (Wildman–Crippen MR) is 122 cm³/mol. The molecule has 0 amide bonds. The lowest BCUT2D eigenvalue weighted by molar-refractivity contribution is 0.669. The first-order valence-corrected chi connectivity index (χ1v) is 9.88. The second kappa shape index (κ2) is 6.35. The van der Waals surface area contributed by atoms with E-state index in [-0.39, 0.29) is 0 Å². The van der Waals surface area contributed by atoms with Crippen LogP contribution >= 0.6 is 0 Å². The van der Waals surface area contributed by atoms with Crippen LogP contribution in [0.1, 0.15) is 0 Å². The van der Waals surface area contributed by atoms with Crippen LogP contribution in [0.25, 0.3) is 55.0 Å². The lowest BCUT2D eigenvalue weighted by atomic mass is 10.0. The summed E-state index contributed by atoms with van der Waals surface area (Å²) in [5.41, 5.74) is 7.42. The van der Waals surface area contributed by atoms with Gasteiger partial charge in [-0.15, -0.1) is 0 Å². The maximum Gasteiger partial charge on any atom is 0.135 e. The van der Waals surface area contributed by atoms with Gasteiger partial charge >= 0.3 is 0 Å². The predicted octanol–water partition coefficient (Wildman–Crippen LogP) is 8.07. The number of rotatable bonds is 0. The summed E-state index contributed by atoms with van der Waals surface area (Å²) < 4.78 is 5.65. The van der Waals surface area contributed by atoms with Gasteiger partial charge in [0.15, 0.2) is 0 Å². The molecule has 136 valence electrons. The van der Waals surface area contributed by atoms with Gasteiger partial charge in [0.2, 0.25) is 0 Å². The number of fused-ring (bicyclic) bond motifs is 6. The van der Waals surface area contributed by atoms with Crippen molar-refractivity contribution in [2.45, 2.75) is 0 Å². The minimum Gasteiger partial charge on any atom is -0.456 e. The highest BCUT2D eigenvalue weighted by atomic mass is 16.3. The Morgan fingerprint density at radius 2 is 0.828 bits per heavy atom. The number of benzene rings is 5. The largest absolute Gasteiger partial charge is 0.456 e. The van der Waals surface area contributed by atoms with E-state index in [0.717, 1.165) is 11.2 Å². The maximum atomic E-state index is 5.65. The van der Waals surface area contributed by atoms with Gasteiger partial charge in [-0.05, 0) is 45.2 Å². The lowest BCUT2D eigenvalue weighted by Gasteiger charge is -2.00. The van der Waals surface area contributed by atoms with E-state index in [0.29, 0.717) is 0 Å². The van der Waals surface area contributed by atoms with Crippen molar-refractivity contribution in [3.63, 3.8) is 0 Å². The van der Waals surface area contributed by atoms with Crippen LogP contribution < -0.4 is 0 Å². The summed E-state index contributed by atoms with van der Waals surface area (Å²) in [6.45, 7) is 0. The second-order valence-corrected chi connectivity index (χ2v) is 7.35. The first-order valence-electron chi connectivity index (χ1n) is 9.88. The maximum absolute atomic E-state index is 5.65. The number of para-hydroxylation sites is 2. The van der Waals surface area contributed by atoms with Crippen LogP contribution in [0.2, 0.25) is 0 Å². The molecule has 7 rings (SSSR count). The number of hydrogen-bond donors (Lipinski definition) is 0. The number of hydrogen-bond acceptors (Lipinski definition) is 1. The molecule has 1 aliphatic rings. The molecular formula is C28H18O. The SMILES string of the molecule is c1ccc2c(c1)-c1cccc3cccc-2c13.c1ccc2c(c1)oc1ccccc12. The van der Waals surface area contributed by atoms with Crippen LogP contribution in [0.5, 0.6) is 0 Å². The number of furan rings is 1. The van der Waals surface area contributed by atoms with E-state index in [1.807, 2.05) is 36.4 Å². The quantitative estimate of drug-likeness (QED) is 0.263. The summed E-state index contributed by atoms with van der Waals surface area (Å²) in [6, 6.07) is 38.0. The summed E-state index contributed by atoms with van der Waals surface area (Å²) in [7, 11) is 0. The van der Waals surface area contributed by atoms with Gasteiger partial charge in [0.05, 0.1) is 0 Å². The molecule has 0 spiro atoms. The Morgan fingerprint density at radius 1 is 0.379 bits per heavy atom. The van der Waals surface area contributed by atoms with E-state index in [1.54, 1.807) is 0 Å². The minimum atomic E-state index is 0.962. The molecule has 1 heteroatoms. The van der Waals surface area contributed by atoms with Crippen LogP contribution in [-0.4, -0.2) is 0 Å². The van der Waals surface area contributed by atoms with Crippen LogP contribution in [0.3, 0.4) is 0 Å². The van der Waals surface area contributed by atoms with Crippen LogP contribution in [0.15, 0.2) is 114 Å². The van der Waals surface area contributed by atoms with Crippen molar-refractivity contribution in [1.29, 1.82) is 0 Å². The lowest BCUT2D eigenvalue weighted by Crippen LogP contribution is -1.73. The standard InChI is InChI=1S/C16H10.C12H8O/c1-2-8-13-12(7-1)14-9-3-5-11-6-4-10-15(13)16(11)14;1-3-7-11-9(5-1)10-6-2-4-8-12(10)13-11/h1-10H;1-8H. The van der Waals surface area contributed by atoms with Crippen LogP contribution in [0.4, 0.5) is 0 Å². The molecule has 0 saturated heterocycles. The molecule has 0 unspecified atom stereocenters. The van der Waals surface area contributed by atoms with E-state index in [4.69, 9.17) is 4.42 Å². The molecule has 1 nitrogen and oxygen atoms in total. The first kappa shape index (κ1) is 16.1. The van der Waals surface area contributed by atoms with Crippen molar-refractivity contribution in [2.75, 3.05) is 0 Å². The highest BCUT2D eigenvalue weighted by Gasteiger charge is 2.19. The Kier molecular flexibility index (Phi) is 3.54. The van der Waals surface area contributed by atoms with Crippen LogP contribution in [-0.2, 0) is 0 Å². The molecule has 5 aromatic carbocycles. The van der Waals surface area contributed by atoms with Gasteiger partial charge in [0.1, 0.15) is 11.2 Å². The van der Waals surface area contributed by atoms with E-state index in [1.165, 1.54) is 43.8 Å². The van der Waals surface area contributed by atoms with Crippen molar-refractivity contribution in [1.82, 2.24) is 0 Å². The zero-order chi connectivity index (χ0) is 19.2. The van der Waals surface area contributed by atoms with E-state index < -0.39 is 0 Å². The van der Waals surface area contributed by atoms with Crippen molar-refractivity contribution in [3.8, 4) is 22.3 Å². The van der Waals surface area contributed by atoms with Gasteiger partial charge in [-0.3, -0.25) is 0 Å². The van der Waals surface area contributed by atoms with Crippen molar-refractivity contribution < 1.29 is 4.42 Å². The summed E-state index contributed by atoms with van der Waals surface area (Å²) in [6.07, 6.45) is 0. The van der Waals surface area contributed by atoms with Gasteiger partial charge in [-0.1, -0.05) is 97.1 Å². The molecule has 1 aromatic heterocycles. The zero-order valence-electron chi connectivity index (χ0n) is 15.8. The molecule has 0 N–H and O–H groups in total. The third-order valence-electron chi connectivity index (χ3n) is 5.70. The molecule has 0 aliphatic heterocycles. The van der Waals surface area contributed by atoms with Gasteiger partial charge < -0.3 is 4.42 Å². The highest BCUT2D eigenvalue weighted by Crippen LogP contribution is 2.46. The Bertz CT molecular complexity index is 1400. The normalized spacial score (nSPS) is 11.4. The summed E-state index contributed by atoms with van der Waals surface area (Å²) >= 11 is 0. The van der Waals surface area contributed by atoms with Gasteiger partial charge in [-0.2, -0.15) is 0 Å². The third kappa shape index (κ3) is 2.48. The highest BCUT2D eigenvalue weighted by molar-refractivity contribution is 6.15. The molecule has 0 fully saturated rings. The van der Waals surface area contributed by atoms with Gasteiger partial charge in [0, 0.05) is 10.8 Å². The van der Waals surface area contributed by atoms with E-state index >= 15 is 0 Å². The molecule has 29 heavy (non-hydrogen) atoms. The average molecular weight is 370 g/mol. The van der Waals surface area contributed by atoms with Gasteiger partial charge in [0.25, 0.3) is 0 Å². The Morgan fingerprint density at radius 3 is 1.38 bits per heavy atom. The molecule has 0 atom stereocenters. The molecule has 6 aromatic rings. The second-order valence-electron chi connectivity index (χ2n) is 7.35. The van der Waals surface area contributed by atoms with E-state index in [9.17, 15) is 0 Å². The minimum absolute atomic E-state index is 0.962. The van der Waals surface area contributed by atoms with Crippen molar-refractivity contribution in [2.24, 2.45) is 0 Å². The molecule has 0 radical (unpaired) electrons. The first-order chi connectivity index (χ1) is 14.4. The van der Waals surface area contributed by atoms with E-state index in [2.05, 4.69) is 72.8 Å². The van der Waals surface area contributed by atoms with Crippen molar-refractivity contribution in [3.05, 3.63) is 109 Å². The molecule has 1 heterocycles. The molecule has 0 saturated carbocycles. The van der Waals surface area contributed by atoms with Crippen molar-refractivity contribution >= 4 is 32.7 Å². The fourth-order valence-electron chi connectivity index (χ4n) is 4.42. The Balaban J connectivity index is 0.000000117. The smallest absolute Gasteiger partial charge is 0.135 e. The monoisotopic (exact) mass is 370 g/mol. The summed E-state index contributed by atoms with van der Waals surface area (Å²) in [5.74, 6) is 0. The fraction of sp³-hybridized carbons (Fsp3) is 0. The Labute approximate surface area is 168 Å². The molecule has 0 bridgehead atoms. The fourth-order valence-corrected chi connectivity index (χ4v) is 4.42. The average Bonchev–Trinajstić information content (AvgIpc) is 3.33. The summed E-state index contributed by atoms with van der Waals surface area (Å²) in [4.78, 5) is 0. The Hall–Kier alpha value is -3.84. The summed E-state index contributed by atoms with van der Waals surface area (Å²) in [5, 5.41) is 5.13. The molecule has 1 aliphatic carbocycles.